The molecule has 15 heavy (non-hydrogen) atoms. The average molecular weight is 203 g/mol. The Morgan fingerprint density at radius 2 is 2.00 bits per heavy atom. The van der Waals surface area contributed by atoms with Crippen LogP contribution in [0.3, 0.4) is 0 Å². The van der Waals surface area contributed by atoms with Gasteiger partial charge in [0.1, 0.15) is 6.61 Å². The summed E-state index contributed by atoms with van der Waals surface area (Å²) in [7, 11) is 4.80. The van der Waals surface area contributed by atoms with Crippen molar-refractivity contribution < 1.29 is 19.4 Å². The van der Waals surface area contributed by atoms with Gasteiger partial charge in [-0.3, -0.25) is 4.79 Å². The third-order valence-electron chi connectivity index (χ3n) is 1.54. The summed E-state index contributed by atoms with van der Waals surface area (Å²) >= 11 is 0. The topological polar surface area (TPSA) is 58.6 Å². The Bertz CT molecular complexity index is 358. The van der Waals surface area contributed by atoms with Crippen molar-refractivity contribution in [1.82, 2.24) is 0 Å². The van der Waals surface area contributed by atoms with Gasteiger partial charge in [0.05, 0.1) is 0 Å². The van der Waals surface area contributed by atoms with Crippen LogP contribution in [-0.4, -0.2) is 13.7 Å². The van der Waals surface area contributed by atoms with Crippen LogP contribution in [0.1, 0.15) is 5.56 Å². The molecule has 1 rings (SSSR count). The van der Waals surface area contributed by atoms with Gasteiger partial charge < -0.3 is 14.6 Å². The fourth-order valence-electron chi connectivity index (χ4n) is 0.940. The Hall–Kier alpha value is -1.91. The Kier molecular flexibility index (Phi) is 3.79. The monoisotopic (exact) mass is 203 g/mol. The van der Waals surface area contributed by atoms with Crippen molar-refractivity contribution in [2.45, 2.75) is 6.61 Å². The second-order valence-electron chi connectivity index (χ2n) is 2.73. The first-order chi connectivity index (χ1) is 7.08. The van der Waals surface area contributed by atoms with E-state index >= 15 is 0 Å². The average Bonchev–Trinajstić information content (AvgIpc) is 2.16. The largest absolute Gasteiger partial charge is 0.580 e. The lowest BCUT2D eigenvalue weighted by molar-refractivity contribution is -0.341. The van der Waals surface area contributed by atoms with Crippen LogP contribution in [0.5, 0.6) is 5.75 Å². The number of carbonyl (C=O) groups is 1. The quantitative estimate of drug-likeness (QED) is 0.533. The predicted molar refractivity (Wildman–Crippen MR) is 52.1 cm³/mol. The van der Waals surface area contributed by atoms with Crippen LogP contribution < -0.4 is 9.84 Å². The summed E-state index contributed by atoms with van der Waals surface area (Å²) in [4.78, 5) is 10.3. The zero-order valence-electron chi connectivity index (χ0n) is 7.93. The normalized spacial score (nSPS) is 9.33. The molecule has 4 nitrogen and oxygen atoms in total. The van der Waals surface area contributed by atoms with Gasteiger partial charge in [-0.25, -0.2) is 0 Å². The number of ether oxygens (including phenoxy) is 2. The lowest BCUT2D eigenvalue weighted by Crippen LogP contribution is -2.08. The van der Waals surface area contributed by atoms with Crippen LogP contribution in [0.4, 0.5) is 4.79 Å². The Balaban J connectivity index is 2.56. The zero-order chi connectivity index (χ0) is 11.3. The van der Waals surface area contributed by atoms with Crippen molar-refractivity contribution in [1.29, 1.82) is 0 Å². The second-order valence-corrected chi connectivity index (χ2v) is 2.73. The molecule has 0 saturated heterocycles. The number of carbonyl (C=O) groups excluding carboxylic acids is 1. The van der Waals surface area contributed by atoms with E-state index < -0.39 is 11.8 Å². The minimum absolute atomic E-state index is 0.0912. The first kappa shape index (κ1) is 11.2. The van der Waals surface area contributed by atoms with Crippen molar-refractivity contribution >= 4 is 13.7 Å². The minimum Gasteiger partial charge on any atom is -0.580 e. The molecule has 0 fully saturated rings. The first-order valence-corrected chi connectivity index (χ1v) is 4.13. The van der Waals surface area contributed by atoms with E-state index in [0.717, 1.165) is 5.56 Å². The van der Waals surface area contributed by atoms with E-state index in [9.17, 15) is 9.90 Å². The molecule has 0 unspecified atom stereocenters. The van der Waals surface area contributed by atoms with Gasteiger partial charge in [0, 0.05) is 11.7 Å². The maximum atomic E-state index is 10.5. The maximum Gasteiger partial charge on any atom is 0.236 e. The van der Waals surface area contributed by atoms with E-state index in [0.29, 0.717) is 5.75 Å². The fraction of sp³-hybridized carbons (Fsp3) is 0.100. The number of rotatable bonds is 4. The molecule has 1 aromatic rings. The summed E-state index contributed by atoms with van der Waals surface area (Å²) in [6.07, 6.45) is 0. The van der Waals surface area contributed by atoms with Crippen LogP contribution in [0.25, 0.3) is 0 Å². The molecule has 0 saturated carbocycles. The maximum absolute atomic E-state index is 10.5. The summed E-state index contributed by atoms with van der Waals surface area (Å²) in [5, 5.41) is 10.5. The van der Waals surface area contributed by atoms with E-state index in [4.69, 9.17) is 12.6 Å². The molecular formula is C10H8BO4-. The molecule has 0 aliphatic heterocycles. The van der Waals surface area contributed by atoms with E-state index in [-0.39, 0.29) is 6.61 Å². The van der Waals surface area contributed by atoms with Crippen molar-refractivity contribution in [3.8, 4) is 5.75 Å². The molecule has 0 N–H and O–H groups in total. The minimum atomic E-state index is -0.830. The Morgan fingerprint density at radius 3 is 2.47 bits per heavy atom. The standard InChI is InChI=1S/C10H9BO4/c1-7(12)15-9-4-2-8(3-5-9)6-14-10(11)13/h2-5,12H,1,6H2/p-1. The van der Waals surface area contributed by atoms with Crippen LogP contribution >= 0.6 is 0 Å². The third-order valence-corrected chi connectivity index (χ3v) is 1.54. The molecule has 0 spiro atoms. The SMILES string of the molecule is [B]C(=O)OCc1ccc(OC(=C)[O-])cc1. The summed E-state index contributed by atoms with van der Waals surface area (Å²) < 4.78 is 9.28. The number of hydrogen-bond acceptors (Lipinski definition) is 4. The molecule has 0 bridgehead atoms. The van der Waals surface area contributed by atoms with Crippen LogP contribution in [0.2, 0.25) is 0 Å². The van der Waals surface area contributed by atoms with Gasteiger partial charge in [-0.1, -0.05) is 18.7 Å². The van der Waals surface area contributed by atoms with Gasteiger partial charge >= 0.3 is 0 Å². The second kappa shape index (κ2) is 5.09. The highest BCUT2D eigenvalue weighted by Gasteiger charge is 1.95. The van der Waals surface area contributed by atoms with Gasteiger partial charge in [-0.2, -0.15) is 0 Å². The van der Waals surface area contributed by atoms with Gasteiger partial charge in [0.15, 0.2) is 0 Å². The molecule has 0 heterocycles. The van der Waals surface area contributed by atoms with E-state index in [1.807, 2.05) is 0 Å². The summed E-state index contributed by atoms with van der Waals surface area (Å²) in [5.74, 6) is -1.07. The molecule has 0 atom stereocenters. The van der Waals surface area contributed by atoms with E-state index in [2.05, 4.69) is 11.3 Å². The number of benzene rings is 1. The Labute approximate surface area is 88.5 Å². The predicted octanol–water partition coefficient (Wildman–Crippen LogP) is 0.702. The summed E-state index contributed by atoms with van der Waals surface area (Å²) in [5.41, 5.74) is 0.748. The van der Waals surface area contributed by atoms with Gasteiger partial charge in [-0.05, 0) is 17.7 Å². The van der Waals surface area contributed by atoms with Crippen molar-refractivity contribution in [2.24, 2.45) is 0 Å². The Morgan fingerprint density at radius 1 is 1.40 bits per heavy atom. The molecule has 0 aliphatic rings. The summed E-state index contributed by atoms with van der Waals surface area (Å²) in [6.45, 7) is 3.16. The van der Waals surface area contributed by atoms with Gasteiger partial charge in [0.2, 0.25) is 13.7 Å². The zero-order valence-corrected chi connectivity index (χ0v) is 7.93. The lowest BCUT2D eigenvalue weighted by atomic mass is 10.2. The molecule has 0 amide bonds. The van der Waals surface area contributed by atoms with Crippen LogP contribution in [0, 0.1) is 0 Å². The highest BCUT2D eigenvalue weighted by Crippen LogP contribution is 2.13. The summed E-state index contributed by atoms with van der Waals surface area (Å²) in [6, 6.07) is 6.45. The lowest BCUT2D eigenvalue weighted by Gasteiger charge is -2.14. The van der Waals surface area contributed by atoms with Gasteiger partial charge in [-0.15, -0.1) is 0 Å². The van der Waals surface area contributed by atoms with Crippen molar-refractivity contribution in [3.63, 3.8) is 0 Å². The first-order valence-electron chi connectivity index (χ1n) is 4.13. The molecule has 0 aliphatic carbocycles. The van der Waals surface area contributed by atoms with Crippen LogP contribution in [0.15, 0.2) is 36.8 Å². The molecule has 76 valence electrons. The molecule has 0 aromatic heterocycles. The third kappa shape index (κ3) is 4.22. The smallest absolute Gasteiger partial charge is 0.236 e. The fourth-order valence-corrected chi connectivity index (χ4v) is 0.940. The van der Waals surface area contributed by atoms with Crippen LogP contribution in [-0.2, 0) is 11.3 Å². The molecule has 5 heteroatoms. The molecule has 1 aromatic carbocycles. The van der Waals surface area contributed by atoms with Crippen molar-refractivity contribution in [2.75, 3.05) is 0 Å². The molecule has 2 radical (unpaired) electrons. The molecular weight excluding hydrogens is 195 g/mol. The highest BCUT2D eigenvalue weighted by molar-refractivity contribution is 6.55. The number of hydrogen-bond donors (Lipinski definition) is 0. The van der Waals surface area contributed by atoms with Crippen molar-refractivity contribution in [3.05, 3.63) is 42.4 Å². The van der Waals surface area contributed by atoms with E-state index in [1.54, 1.807) is 24.3 Å². The van der Waals surface area contributed by atoms with E-state index in [1.165, 1.54) is 0 Å². The van der Waals surface area contributed by atoms with Gasteiger partial charge in [0.25, 0.3) is 0 Å². The highest BCUT2D eigenvalue weighted by atomic mass is 16.6.